The summed E-state index contributed by atoms with van der Waals surface area (Å²) >= 11 is 0. The molecule has 26 heavy (non-hydrogen) atoms. The summed E-state index contributed by atoms with van der Waals surface area (Å²) in [6.07, 6.45) is 7.21. The van der Waals surface area contributed by atoms with E-state index in [1.807, 2.05) is 32.9 Å². The quantitative estimate of drug-likeness (QED) is 0.756. The molecule has 2 heterocycles. The second kappa shape index (κ2) is 7.64. The maximum absolute atomic E-state index is 13.0. The van der Waals surface area contributed by atoms with Crippen LogP contribution < -0.4 is 4.90 Å². The number of carbonyl (C=O) groups is 2. The van der Waals surface area contributed by atoms with Crippen molar-refractivity contribution in [1.82, 2.24) is 9.88 Å². The Hall–Kier alpha value is -2.11. The van der Waals surface area contributed by atoms with Gasteiger partial charge in [-0.25, -0.2) is 0 Å². The smallest absolute Gasteiger partial charge is 0.326 e. The number of piperidine rings is 1. The lowest BCUT2D eigenvalue weighted by Gasteiger charge is -2.35. The van der Waals surface area contributed by atoms with Crippen molar-refractivity contribution in [3.05, 3.63) is 24.5 Å². The maximum atomic E-state index is 13.0. The lowest BCUT2D eigenvalue weighted by atomic mass is 9.94. The van der Waals surface area contributed by atoms with Crippen molar-refractivity contribution in [2.45, 2.75) is 58.1 Å². The Balaban J connectivity index is 1.56. The zero-order valence-electron chi connectivity index (χ0n) is 16.0. The highest BCUT2D eigenvalue weighted by Crippen LogP contribution is 2.31. The molecule has 1 saturated carbocycles. The molecule has 6 nitrogen and oxygen atoms in total. The second-order valence-electron chi connectivity index (χ2n) is 8.25. The largest absolute Gasteiger partial charge is 0.459 e. The molecule has 1 aromatic heterocycles. The first-order chi connectivity index (χ1) is 12.3. The molecule has 1 aliphatic heterocycles. The van der Waals surface area contributed by atoms with Crippen LogP contribution >= 0.6 is 0 Å². The van der Waals surface area contributed by atoms with Crippen molar-refractivity contribution in [2.75, 3.05) is 24.5 Å². The van der Waals surface area contributed by atoms with E-state index in [4.69, 9.17) is 4.74 Å². The van der Waals surface area contributed by atoms with Crippen LogP contribution in [-0.4, -0.2) is 53.0 Å². The number of anilines is 1. The van der Waals surface area contributed by atoms with E-state index in [2.05, 4.69) is 9.88 Å². The summed E-state index contributed by atoms with van der Waals surface area (Å²) in [6, 6.07) is 4.22. The van der Waals surface area contributed by atoms with Crippen LogP contribution in [-0.2, 0) is 14.3 Å². The van der Waals surface area contributed by atoms with Gasteiger partial charge in [0.25, 0.3) is 0 Å². The molecule has 0 atom stereocenters. The number of aromatic nitrogens is 1. The van der Waals surface area contributed by atoms with E-state index < -0.39 is 5.60 Å². The van der Waals surface area contributed by atoms with E-state index in [1.54, 1.807) is 17.3 Å². The number of amides is 1. The van der Waals surface area contributed by atoms with Crippen molar-refractivity contribution >= 4 is 17.6 Å². The Morgan fingerprint density at radius 2 is 1.77 bits per heavy atom. The molecule has 0 radical (unpaired) electrons. The minimum Gasteiger partial charge on any atom is -0.459 e. The summed E-state index contributed by atoms with van der Waals surface area (Å²) in [6.45, 7) is 7.33. The van der Waals surface area contributed by atoms with E-state index in [-0.39, 0.29) is 30.4 Å². The summed E-state index contributed by atoms with van der Waals surface area (Å²) in [5, 5.41) is 0. The Bertz CT molecular complexity index is 629. The van der Waals surface area contributed by atoms with Gasteiger partial charge in [-0.2, -0.15) is 0 Å². The molecule has 1 aliphatic carbocycles. The fraction of sp³-hybridized carbons (Fsp3) is 0.650. The first-order valence-electron chi connectivity index (χ1n) is 9.51. The minimum atomic E-state index is -0.523. The Labute approximate surface area is 155 Å². The van der Waals surface area contributed by atoms with Crippen LogP contribution in [0.5, 0.6) is 0 Å². The number of hydrogen-bond acceptors (Lipinski definition) is 5. The molecule has 0 aromatic carbocycles. The normalized spacial score (nSPS) is 18.5. The van der Waals surface area contributed by atoms with Crippen LogP contribution in [0.1, 0.15) is 46.5 Å². The van der Waals surface area contributed by atoms with Crippen molar-refractivity contribution in [2.24, 2.45) is 5.92 Å². The zero-order valence-corrected chi connectivity index (χ0v) is 16.0. The van der Waals surface area contributed by atoms with E-state index in [1.165, 1.54) is 0 Å². The number of rotatable bonds is 5. The highest BCUT2D eigenvalue weighted by Gasteiger charge is 2.38. The number of pyridine rings is 1. The lowest BCUT2D eigenvalue weighted by molar-refractivity contribution is -0.160. The van der Waals surface area contributed by atoms with Gasteiger partial charge in [-0.1, -0.05) is 0 Å². The maximum Gasteiger partial charge on any atom is 0.326 e. The first-order valence-corrected chi connectivity index (χ1v) is 9.51. The molecule has 6 heteroatoms. The summed E-state index contributed by atoms with van der Waals surface area (Å²) in [5.74, 6) is -0.198. The highest BCUT2D eigenvalue weighted by molar-refractivity contribution is 5.84. The van der Waals surface area contributed by atoms with Gasteiger partial charge in [-0.15, -0.1) is 0 Å². The van der Waals surface area contributed by atoms with Gasteiger partial charge >= 0.3 is 5.97 Å². The SMILES string of the molecule is CC(C)(C)OC(=O)CN(C(=O)C1CCN(c2ccncc2)CC1)C1CC1. The topological polar surface area (TPSA) is 62.7 Å². The molecule has 0 bridgehead atoms. The lowest BCUT2D eigenvalue weighted by Crippen LogP contribution is -2.46. The van der Waals surface area contributed by atoms with Crippen LogP contribution in [0.25, 0.3) is 0 Å². The van der Waals surface area contributed by atoms with Gasteiger partial charge in [0.1, 0.15) is 12.1 Å². The van der Waals surface area contributed by atoms with Crippen LogP contribution in [0, 0.1) is 5.92 Å². The summed E-state index contributed by atoms with van der Waals surface area (Å²) in [5.41, 5.74) is 0.629. The van der Waals surface area contributed by atoms with E-state index in [0.717, 1.165) is 44.5 Å². The molecule has 0 N–H and O–H groups in total. The molecule has 1 saturated heterocycles. The monoisotopic (exact) mass is 359 g/mol. The average Bonchev–Trinajstić information content (AvgIpc) is 3.43. The molecular formula is C20H29N3O3. The van der Waals surface area contributed by atoms with Crippen molar-refractivity contribution in [1.29, 1.82) is 0 Å². The van der Waals surface area contributed by atoms with Gasteiger partial charge in [-0.05, 0) is 58.6 Å². The summed E-state index contributed by atoms with van der Waals surface area (Å²) in [7, 11) is 0. The average molecular weight is 359 g/mol. The van der Waals surface area contributed by atoms with Crippen molar-refractivity contribution in [3.8, 4) is 0 Å². The van der Waals surface area contributed by atoms with Crippen LogP contribution in [0.3, 0.4) is 0 Å². The van der Waals surface area contributed by atoms with Gasteiger partial charge in [0.05, 0.1) is 0 Å². The predicted molar refractivity (Wildman–Crippen MR) is 99.8 cm³/mol. The van der Waals surface area contributed by atoms with Gasteiger partial charge in [0, 0.05) is 43.1 Å². The van der Waals surface area contributed by atoms with Gasteiger partial charge in [-0.3, -0.25) is 14.6 Å². The van der Waals surface area contributed by atoms with Crippen LogP contribution in [0.4, 0.5) is 5.69 Å². The molecule has 2 aliphatic rings. The number of ether oxygens (including phenoxy) is 1. The molecule has 0 spiro atoms. The number of carbonyl (C=O) groups excluding carboxylic acids is 2. The number of esters is 1. The predicted octanol–water partition coefficient (Wildman–Crippen LogP) is 2.63. The van der Waals surface area contributed by atoms with Gasteiger partial charge < -0.3 is 14.5 Å². The first kappa shape index (κ1) is 18.7. The summed E-state index contributed by atoms with van der Waals surface area (Å²) in [4.78, 5) is 33.3. The molecule has 2 fully saturated rings. The minimum absolute atomic E-state index is 0.00359. The fourth-order valence-corrected chi connectivity index (χ4v) is 3.46. The fourth-order valence-electron chi connectivity index (χ4n) is 3.46. The Morgan fingerprint density at radius 1 is 1.15 bits per heavy atom. The molecule has 1 aromatic rings. The number of nitrogens with zero attached hydrogens (tertiary/aromatic N) is 3. The third-order valence-electron chi connectivity index (χ3n) is 4.86. The molecule has 1 amide bonds. The van der Waals surface area contributed by atoms with E-state index >= 15 is 0 Å². The third kappa shape index (κ3) is 4.96. The Morgan fingerprint density at radius 3 is 2.31 bits per heavy atom. The van der Waals surface area contributed by atoms with Crippen LogP contribution in [0.15, 0.2) is 24.5 Å². The van der Waals surface area contributed by atoms with E-state index in [9.17, 15) is 9.59 Å². The molecule has 3 rings (SSSR count). The standard InChI is InChI=1S/C20H29N3O3/c1-20(2,3)26-18(24)14-23(17-4-5-17)19(25)15-8-12-22(13-9-15)16-6-10-21-11-7-16/h6-7,10-11,15,17H,4-5,8-9,12-14H2,1-3H3. The Kier molecular flexibility index (Phi) is 5.49. The zero-order chi connectivity index (χ0) is 18.7. The van der Waals surface area contributed by atoms with Gasteiger partial charge in [0.2, 0.25) is 5.91 Å². The second-order valence-corrected chi connectivity index (χ2v) is 8.25. The van der Waals surface area contributed by atoms with Gasteiger partial charge in [0.15, 0.2) is 0 Å². The van der Waals surface area contributed by atoms with Crippen molar-refractivity contribution < 1.29 is 14.3 Å². The van der Waals surface area contributed by atoms with Crippen LogP contribution in [0.2, 0.25) is 0 Å². The number of hydrogen-bond donors (Lipinski definition) is 0. The van der Waals surface area contributed by atoms with E-state index in [0.29, 0.717) is 0 Å². The molecule has 142 valence electrons. The highest BCUT2D eigenvalue weighted by atomic mass is 16.6. The summed E-state index contributed by atoms with van der Waals surface area (Å²) < 4.78 is 5.41. The third-order valence-corrected chi connectivity index (χ3v) is 4.86. The molecular weight excluding hydrogens is 330 g/mol. The molecule has 0 unspecified atom stereocenters. The van der Waals surface area contributed by atoms with Crippen molar-refractivity contribution in [3.63, 3.8) is 0 Å².